The van der Waals surface area contributed by atoms with Crippen LogP contribution in [0.1, 0.15) is 34.7 Å². The van der Waals surface area contributed by atoms with E-state index in [9.17, 15) is 4.79 Å². The molecular weight excluding hydrogens is 546 g/mol. The fourth-order valence-corrected chi connectivity index (χ4v) is 5.55. The molecule has 5 aromatic rings. The number of fused-ring (bicyclic) bond motifs is 1. The van der Waals surface area contributed by atoms with Crippen LogP contribution in [-0.2, 0) is 0 Å². The fourth-order valence-electron chi connectivity index (χ4n) is 4.33. The fraction of sp³-hybridized carbons (Fsp3) is 0.241. The molecule has 0 saturated carbocycles. The van der Waals surface area contributed by atoms with Gasteiger partial charge in [-0.3, -0.25) is 9.36 Å². The molecule has 5 rings (SSSR count). The van der Waals surface area contributed by atoms with E-state index in [4.69, 9.17) is 22.1 Å². The van der Waals surface area contributed by atoms with E-state index in [0.29, 0.717) is 21.6 Å². The Hall–Kier alpha value is -3.99. The third-order valence-corrected chi connectivity index (χ3v) is 7.87. The number of amides is 1. The number of nitrogens with zero attached hydrogens (tertiary/aromatic N) is 5. The average Bonchev–Trinajstić information content (AvgIpc) is 3.55. The molecule has 0 unspecified atom stereocenters. The van der Waals surface area contributed by atoms with Crippen molar-refractivity contribution in [2.24, 2.45) is 5.73 Å². The van der Waals surface area contributed by atoms with Crippen molar-refractivity contribution < 1.29 is 9.53 Å². The molecule has 0 aliphatic carbocycles. The van der Waals surface area contributed by atoms with Crippen LogP contribution in [-0.4, -0.2) is 57.5 Å². The monoisotopic (exact) mass is 575 g/mol. The molecule has 206 valence electrons. The number of nitrogens with one attached hydrogen (secondary N) is 1. The van der Waals surface area contributed by atoms with Gasteiger partial charge < -0.3 is 20.7 Å². The molecule has 0 aliphatic heterocycles. The summed E-state index contributed by atoms with van der Waals surface area (Å²) in [6.07, 6.45) is 5.97. The lowest BCUT2D eigenvalue weighted by atomic mass is 10.1. The minimum Gasteiger partial charge on any atom is -0.484 e. The van der Waals surface area contributed by atoms with Crippen LogP contribution in [0.2, 0.25) is 5.02 Å². The number of imidazole rings is 1. The van der Waals surface area contributed by atoms with Gasteiger partial charge in [-0.1, -0.05) is 35.9 Å². The third kappa shape index (κ3) is 6.09. The first kappa shape index (κ1) is 27.6. The summed E-state index contributed by atoms with van der Waals surface area (Å²) in [6, 6.07) is 15.3. The Bertz CT molecular complexity index is 1630. The van der Waals surface area contributed by atoms with Gasteiger partial charge in [-0.2, -0.15) is 0 Å². The summed E-state index contributed by atoms with van der Waals surface area (Å²) in [6.45, 7) is 3.70. The second kappa shape index (κ2) is 12.0. The second-order valence-electron chi connectivity index (χ2n) is 9.62. The van der Waals surface area contributed by atoms with Gasteiger partial charge in [-0.15, -0.1) is 11.3 Å². The maximum Gasteiger partial charge on any atom is 0.262 e. The van der Waals surface area contributed by atoms with Crippen LogP contribution in [0.15, 0.2) is 67.3 Å². The lowest BCUT2D eigenvalue weighted by Crippen LogP contribution is -2.16. The van der Waals surface area contributed by atoms with Gasteiger partial charge in [0.15, 0.2) is 0 Å². The lowest BCUT2D eigenvalue weighted by molar-refractivity contribution is 0.0998. The first-order valence-corrected chi connectivity index (χ1v) is 14.0. The van der Waals surface area contributed by atoms with Crippen molar-refractivity contribution in [1.29, 1.82) is 0 Å². The first-order valence-electron chi connectivity index (χ1n) is 12.8. The van der Waals surface area contributed by atoms with Crippen LogP contribution >= 0.6 is 22.9 Å². The van der Waals surface area contributed by atoms with Crippen LogP contribution in [0.5, 0.6) is 5.75 Å². The van der Waals surface area contributed by atoms with E-state index < -0.39 is 5.91 Å². The number of anilines is 1. The number of primary amides is 1. The van der Waals surface area contributed by atoms with Gasteiger partial charge in [-0.25, -0.2) is 15.0 Å². The van der Waals surface area contributed by atoms with Crippen LogP contribution in [0.3, 0.4) is 0 Å². The molecule has 0 fully saturated rings. The van der Waals surface area contributed by atoms with Gasteiger partial charge in [-0.05, 0) is 57.7 Å². The maximum absolute atomic E-state index is 12.3. The Morgan fingerprint density at radius 3 is 2.62 bits per heavy atom. The summed E-state index contributed by atoms with van der Waals surface area (Å²) in [5.41, 5.74) is 10.1. The minimum atomic E-state index is -0.556. The van der Waals surface area contributed by atoms with Gasteiger partial charge in [0.2, 0.25) is 5.95 Å². The van der Waals surface area contributed by atoms with E-state index in [-0.39, 0.29) is 6.10 Å². The molecule has 11 heteroatoms. The number of thiophene rings is 1. The van der Waals surface area contributed by atoms with Gasteiger partial charge in [0, 0.05) is 41.2 Å². The highest BCUT2D eigenvalue weighted by atomic mass is 35.5. The van der Waals surface area contributed by atoms with Crippen molar-refractivity contribution in [2.75, 3.05) is 32.5 Å². The Labute approximate surface area is 241 Å². The molecule has 3 N–H and O–H groups in total. The summed E-state index contributed by atoms with van der Waals surface area (Å²) in [5.74, 6) is 0.462. The van der Waals surface area contributed by atoms with Crippen molar-refractivity contribution in [1.82, 2.24) is 24.4 Å². The van der Waals surface area contributed by atoms with Gasteiger partial charge in [0.05, 0.1) is 11.0 Å². The highest BCUT2D eigenvalue weighted by molar-refractivity contribution is 7.16. The molecule has 9 nitrogen and oxygen atoms in total. The number of ether oxygens (including phenoxy) is 1. The largest absolute Gasteiger partial charge is 0.484 e. The molecule has 1 amide bonds. The number of hydrogen-bond donors (Lipinski definition) is 2. The van der Waals surface area contributed by atoms with Crippen LogP contribution in [0, 0.1) is 0 Å². The maximum atomic E-state index is 12.3. The lowest BCUT2D eigenvalue weighted by Gasteiger charge is -2.16. The number of aromatic nitrogens is 4. The number of carbonyl (C=O) groups is 1. The van der Waals surface area contributed by atoms with Crippen molar-refractivity contribution in [3.8, 4) is 21.9 Å². The predicted octanol–water partition coefficient (Wildman–Crippen LogP) is 5.80. The highest BCUT2D eigenvalue weighted by Gasteiger charge is 2.21. The topological polar surface area (TPSA) is 111 Å². The SMILES string of the molecule is C[C@@H](Oc1cc(-n2cnc3cc(-c4cnc(NCCCN(C)C)nc4)ccc32)sc1C(N)=O)c1ccccc1Cl. The van der Waals surface area contributed by atoms with E-state index in [1.54, 1.807) is 6.33 Å². The van der Waals surface area contributed by atoms with Gasteiger partial charge in [0.25, 0.3) is 5.91 Å². The number of hydrogen-bond acceptors (Lipinski definition) is 8. The quantitative estimate of drug-likeness (QED) is 0.191. The second-order valence-corrected chi connectivity index (χ2v) is 11.1. The Kier molecular flexibility index (Phi) is 8.29. The average molecular weight is 576 g/mol. The summed E-state index contributed by atoms with van der Waals surface area (Å²) in [7, 11) is 4.11. The number of carbonyl (C=O) groups excluding carboxylic acids is 1. The molecule has 2 aromatic carbocycles. The number of rotatable bonds is 11. The molecule has 1 atom stereocenters. The number of nitrogens with two attached hydrogens (primary N) is 1. The summed E-state index contributed by atoms with van der Waals surface area (Å²) >= 11 is 7.60. The third-order valence-electron chi connectivity index (χ3n) is 6.39. The molecule has 0 spiro atoms. The van der Waals surface area contributed by atoms with E-state index in [1.807, 2.05) is 72.4 Å². The zero-order valence-corrected chi connectivity index (χ0v) is 24.0. The van der Waals surface area contributed by atoms with Crippen molar-refractivity contribution >= 4 is 45.8 Å². The van der Waals surface area contributed by atoms with Gasteiger partial charge >= 0.3 is 0 Å². The van der Waals surface area contributed by atoms with Crippen LogP contribution in [0.25, 0.3) is 27.2 Å². The molecule has 40 heavy (non-hydrogen) atoms. The zero-order valence-electron chi connectivity index (χ0n) is 22.5. The summed E-state index contributed by atoms with van der Waals surface area (Å²) in [5, 5.41) is 4.61. The standard InChI is InChI=1S/C29H30ClN7O2S/c1-18(21-7-4-5-8-22(21)30)39-25-14-26(40-27(25)28(31)38)37-17-35-23-13-19(9-10-24(23)37)20-15-33-29(34-16-20)32-11-6-12-36(2)3/h4-5,7-10,13-18H,6,11-12H2,1-3H3,(H2,31,38)(H,32,33,34)/t18-/m1/s1. The van der Waals surface area contributed by atoms with E-state index >= 15 is 0 Å². The smallest absolute Gasteiger partial charge is 0.262 e. The molecule has 0 saturated heterocycles. The van der Waals surface area contributed by atoms with Crippen molar-refractivity contribution in [2.45, 2.75) is 19.4 Å². The predicted molar refractivity (Wildman–Crippen MR) is 161 cm³/mol. The highest BCUT2D eigenvalue weighted by Crippen LogP contribution is 2.37. The molecule has 0 radical (unpaired) electrons. The minimum absolute atomic E-state index is 0.333. The molecule has 0 bridgehead atoms. The zero-order chi connectivity index (χ0) is 28.2. The van der Waals surface area contributed by atoms with Crippen LogP contribution in [0.4, 0.5) is 5.95 Å². The van der Waals surface area contributed by atoms with Crippen molar-refractivity contribution in [3.05, 3.63) is 82.7 Å². The van der Waals surface area contributed by atoms with Crippen molar-refractivity contribution in [3.63, 3.8) is 0 Å². The summed E-state index contributed by atoms with van der Waals surface area (Å²) in [4.78, 5) is 28.3. The molecule has 0 aliphatic rings. The summed E-state index contributed by atoms with van der Waals surface area (Å²) < 4.78 is 8.08. The Morgan fingerprint density at radius 1 is 1.12 bits per heavy atom. The van der Waals surface area contributed by atoms with Gasteiger partial charge in [0.1, 0.15) is 28.1 Å². The number of halogens is 1. The number of benzene rings is 2. The molecule has 3 heterocycles. The molecule has 3 aromatic heterocycles. The van der Waals surface area contributed by atoms with E-state index in [2.05, 4.69) is 39.3 Å². The Balaban J connectivity index is 1.36. The first-order chi connectivity index (χ1) is 19.3. The van der Waals surface area contributed by atoms with E-state index in [1.165, 1.54) is 11.3 Å². The Morgan fingerprint density at radius 2 is 1.90 bits per heavy atom. The normalized spacial score (nSPS) is 12.1. The van der Waals surface area contributed by atoms with E-state index in [0.717, 1.165) is 52.2 Å². The molecular formula is C29H30ClN7O2S. The van der Waals surface area contributed by atoms with Crippen LogP contribution < -0.4 is 15.8 Å².